The van der Waals surface area contributed by atoms with Gasteiger partial charge in [0.2, 0.25) is 11.8 Å². The molecule has 1 aliphatic carbocycles. The minimum Gasteiger partial charge on any atom is -0.482 e. The van der Waals surface area contributed by atoms with E-state index in [-0.39, 0.29) is 18.0 Å². The van der Waals surface area contributed by atoms with E-state index in [4.69, 9.17) is 10.5 Å². The molecule has 0 saturated carbocycles. The van der Waals surface area contributed by atoms with Gasteiger partial charge in [-0.05, 0) is 54.5 Å². The number of imide groups is 1. The number of hydrogen-bond acceptors (Lipinski definition) is 6. The van der Waals surface area contributed by atoms with Crippen molar-refractivity contribution in [3.63, 3.8) is 0 Å². The Labute approximate surface area is 201 Å². The summed E-state index contributed by atoms with van der Waals surface area (Å²) in [6, 6.07) is 5.66. The van der Waals surface area contributed by atoms with E-state index >= 15 is 0 Å². The van der Waals surface area contributed by atoms with Gasteiger partial charge in [0.15, 0.2) is 5.06 Å². The highest BCUT2D eigenvalue weighted by molar-refractivity contribution is 7.12. The van der Waals surface area contributed by atoms with E-state index < -0.39 is 24.4 Å². The molecule has 2 atom stereocenters. The molecule has 2 aromatic rings. The number of ether oxygens (including phenoxy) is 1. The predicted octanol–water partition coefficient (Wildman–Crippen LogP) is 2.25. The second-order valence-electron chi connectivity index (χ2n) is 8.39. The fraction of sp³-hybridized carbons (Fsp3) is 0.391. The molecule has 1 aromatic heterocycles. The van der Waals surface area contributed by atoms with Gasteiger partial charge in [-0.3, -0.25) is 14.5 Å². The number of hydrogen-bond donors (Lipinski definition) is 3. The van der Waals surface area contributed by atoms with Gasteiger partial charge < -0.3 is 26.0 Å². The van der Waals surface area contributed by atoms with Gasteiger partial charge >= 0.3 is 12.1 Å². The number of fused-ring (bicyclic) bond motifs is 2. The van der Waals surface area contributed by atoms with Gasteiger partial charge in [0.1, 0.15) is 13.2 Å². The van der Waals surface area contributed by atoms with Crippen molar-refractivity contribution in [2.24, 2.45) is 5.73 Å². The number of anilines is 1. The summed E-state index contributed by atoms with van der Waals surface area (Å²) in [5.74, 6) is -1.45. The number of rotatable bonds is 4. The summed E-state index contributed by atoms with van der Waals surface area (Å²) in [6.45, 7) is 2.10. The van der Waals surface area contributed by atoms with Crippen molar-refractivity contribution in [2.75, 3.05) is 25.5 Å². The Hall–Kier alpha value is -3.60. The molecule has 0 spiro atoms. The van der Waals surface area contributed by atoms with Crippen LogP contribution in [0.2, 0.25) is 0 Å². The molecule has 4 rings (SSSR count). The van der Waals surface area contributed by atoms with Crippen LogP contribution in [0.1, 0.15) is 36.0 Å². The zero-order valence-corrected chi connectivity index (χ0v) is 19.8. The minimum absolute atomic E-state index is 0.227. The second-order valence-corrected chi connectivity index (χ2v) is 9.27. The van der Waals surface area contributed by atoms with E-state index in [2.05, 4.69) is 10.6 Å². The molecule has 0 saturated heterocycles. The van der Waals surface area contributed by atoms with Crippen LogP contribution in [0.3, 0.4) is 0 Å². The number of thiophene rings is 1. The molecule has 0 bridgehead atoms. The highest BCUT2D eigenvalue weighted by atomic mass is 32.1. The van der Waals surface area contributed by atoms with Crippen molar-refractivity contribution in [2.45, 2.75) is 38.3 Å². The van der Waals surface area contributed by atoms with Gasteiger partial charge in [-0.15, -0.1) is 11.3 Å². The maximum atomic E-state index is 13.3. The van der Waals surface area contributed by atoms with Gasteiger partial charge in [0, 0.05) is 18.3 Å². The zero-order valence-electron chi connectivity index (χ0n) is 19.0. The highest BCUT2D eigenvalue weighted by Crippen LogP contribution is 2.36. The van der Waals surface area contributed by atoms with E-state index in [1.165, 1.54) is 18.4 Å². The highest BCUT2D eigenvalue weighted by Gasteiger charge is 2.36. The summed E-state index contributed by atoms with van der Waals surface area (Å²) in [7, 11) is 1.52. The lowest BCUT2D eigenvalue weighted by Crippen LogP contribution is -2.51. The van der Waals surface area contributed by atoms with Gasteiger partial charge in [-0.25, -0.2) is 9.59 Å². The van der Waals surface area contributed by atoms with Crippen molar-refractivity contribution in [1.29, 1.82) is 0 Å². The number of aryl methyl sites for hydroxylation is 1. The molecule has 0 fully saturated rings. The summed E-state index contributed by atoms with van der Waals surface area (Å²) < 4.78 is 5.76. The van der Waals surface area contributed by atoms with Crippen molar-refractivity contribution in [3.8, 4) is 5.06 Å². The number of urea groups is 2. The van der Waals surface area contributed by atoms with Crippen molar-refractivity contribution >= 4 is 40.9 Å². The molecule has 34 heavy (non-hydrogen) atoms. The lowest BCUT2D eigenvalue weighted by atomic mass is 9.99. The number of carbonyl (C=O) groups excluding carboxylic acids is 4. The van der Waals surface area contributed by atoms with Crippen molar-refractivity contribution < 1.29 is 23.9 Å². The molecule has 180 valence electrons. The van der Waals surface area contributed by atoms with Gasteiger partial charge in [0.25, 0.3) is 0 Å². The molecule has 0 radical (unpaired) electrons. The van der Waals surface area contributed by atoms with Crippen molar-refractivity contribution in [3.05, 3.63) is 46.3 Å². The summed E-state index contributed by atoms with van der Waals surface area (Å²) in [5, 5.41) is 7.86. The normalized spacial score (nSPS) is 18.7. The lowest BCUT2D eigenvalue weighted by Gasteiger charge is -2.29. The number of carbonyl (C=O) groups is 4. The molecule has 1 aromatic carbocycles. The topological polar surface area (TPSA) is 134 Å². The summed E-state index contributed by atoms with van der Waals surface area (Å²) in [4.78, 5) is 52.8. The number of nitrogens with zero attached hydrogens (tertiary/aromatic N) is 2. The summed E-state index contributed by atoms with van der Waals surface area (Å²) in [5.41, 5.74) is 8.72. The van der Waals surface area contributed by atoms with E-state index in [1.54, 1.807) is 17.0 Å². The molecule has 0 unspecified atom stereocenters. The molecule has 10 nitrogen and oxygen atoms in total. The minimum atomic E-state index is -0.959. The zero-order chi connectivity index (χ0) is 24.4. The van der Waals surface area contributed by atoms with Gasteiger partial charge in [-0.1, -0.05) is 6.07 Å². The molecular weight excluding hydrogens is 458 g/mol. The monoisotopic (exact) mass is 485 g/mol. The first kappa shape index (κ1) is 23.6. The van der Waals surface area contributed by atoms with Crippen LogP contribution < -0.4 is 21.1 Å². The average Bonchev–Trinajstić information content (AvgIpc) is 3.41. The molecule has 2 heterocycles. The van der Waals surface area contributed by atoms with Crippen LogP contribution in [-0.4, -0.2) is 59.9 Å². The van der Waals surface area contributed by atoms with E-state index in [0.717, 1.165) is 26.7 Å². The third kappa shape index (κ3) is 4.69. The predicted molar refractivity (Wildman–Crippen MR) is 127 cm³/mol. The molecule has 11 heteroatoms. The van der Waals surface area contributed by atoms with Crippen LogP contribution in [0.4, 0.5) is 15.3 Å². The third-order valence-electron chi connectivity index (χ3n) is 6.18. The maximum Gasteiger partial charge on any atom is 0.321 e. The first-order valence-corrected chi connectivity index (χ1v) is 11.9. The quantitative estimate of drug-likeness (QED) is 0.611. The fourth-order valence-electron chi connectivity index (χ4n) is 4.35. The van der Waals surface area contributed by atoms with Gasteiger partial charge in [-0.2, -0.15) is 0 Å². The first-order valence-electron chi connectivity index (χ1n) is 11.0. The Balaban J connectivity index is 1.49. The smallest absolute Gasteiger partial charge is 0.321 e. The van der Waals surface area contributed by atoms with E-state index in [1.807, 2.05) is 24.4 Å². The molecular formula is C23H27N5O5S. The van der Waals surface area contributed by atoms with Crippen LogP contribution >= 0.6 is 11.3 Å². The average molecular weight is 486 g/mol. The standard InChI is InChI=1S/C23H27N5O5S/c1-13-12-33-21-15(7-8-34-21)10-27(13)19(29)11-28(22(24)31)20(30)18-5-3-14-9-16(4-6-17(14)18)26-23(32)25-2/h4,6-9,13,18H,3,5,10-12H2,1-2H3,(H2,24,31)(H2,25,26,32)/t13-,18+/m1/s1. The second kappa shape index (κ2) is 9.72. The van der Waals surface area contributed by atoms with Crippen LogP contribution in [0, 0.1) is 0 Å². The van der Waals surface area contributed by atoms with Crippen LogP contribution in [0.15, 0.2) is 29.6 Å². The number of benzene rings is 1. The Kier molecular flexibility index (Phi) is 6.73. The van der Waals surface area contributed by atoms with E-state index in [9.17, 15) is 19.2 Å². The SMILES string of the molecule is CNC(=O)Nc1ccc2c(c1)CC[C@@H]2C(=O)N(CC(=O)N1Cc2ccsc2OC[C@H]1C)C(N)=O. The Bertz CT molecular complexity index is 1130. The number of nitrogens with one attached hydrogen (secondary N) is 2. The molecule has 1 aliphatic heterocycles. The van der Waals surface area contributed by atoms with E-state index in [0.29, 0.717) is 31.7 Å². The Morgan fingerprint density at radius 2 is 2.03 bits per heavy atom. The van der Waals surface area contributed by atoms with Gasteiger partial charge in [0.05, 0.1) is 18.5 Å². The van der Waals surface area contributed by atoms with Crippen molar-refractivity contribution in [1.82, 2.24) is 15.1 Å². The number of nitrogens with two attached hydrogens (primary N) is 1. The third-order valence-corrected chi connectivity index (χ3v) is 7.05. The molecule has 6 amide bonds. The fourth-order valence-corrected chi connectivity index (χ4v) is 5.13. The van der Waals surface area contributed by atoms with Crippen LogP contribution in [0.25, 0.3) is 0 Å². The largest absolute Gasteiger partial charge is 0.482 e. The summed E-state index contributed by atoms with van der Waals surface area (Å²) >= 11 is 1.47. The molecule has 4 N–H and O–H groups in total. The molecule has 2 aliphatic rings. The Morgan fingerprint density at radius 3 is 2.76 bits per heavy atom. The Morgan fingerprint density at radius 1 is 1.24 bits per heavy atom. The number of amides is 6. The first-order chi connectivity index (χ1) is 16.3. The lowest BCUT2D eigenvalue weighted by molar-refractivity contribution is -0.140. The van der Waals surface area contributed by atoms with Crippen LogP contribution in [-0.2, 0) is 22.6 Å². The number of primary amides is 1. The van der Waals surface area contributed by atoms with Crippen LogP contribution in [0.5, 0.6) is 5.06 Å². The summed E-state index contributed by atoms with van der Waals surface area (Å²) in [6.07, 6.45) is 1.10. The maximum absolute atomic E-state index is 13.3.